The largest absolute Gasteiger partial charge is 0.480 e. The molecule has 1 atom stereocenters. The number of hydrogen-bond donors (Lipinski definition) is 1. The van der Waals surface area contributed by atoms with Crippen LogP contribution in [0, 0.1) is 5.82 Å². The van der Waals surface area contributed by atoms with Gasteiger partial charge in [-0.3, -0.25) is 4.79 Å². The maximum absolute atomic E-state index is 13.6. The fourth-order valence-electron chi connectivity index (χ4n) is 1.85. The third-order valence-corrected chi connectivity index (χ3v) is 4.24. The van der Waals surface area contributed by atoms with Gasteiger partial charge in [-0.15, -0.1) is 11.8 Å². The zero-order chi connectivity index (χ0) is 14.0. The van der Waals surface area contributed by atoms with Crippen LogP contribution in [0.1, 0.15) is 5.56 Å². The quantitative estimate of drug-likeness (QED) is 0.928. The van der Waals surface area contributed by atoms with Crippen molar-refractivity contribution in [3.63, 3.8) is 0 Å². The summed E-state index contributed by atoms with van der Waals surface area (Å²) in [5.41, 5.74) is 0.107. The molecule has 2 rings (SSSR count). The molecule has 0 bridgehead atoms. The van der Waals surface area contributed by atoms with Gasteiger partial charge in [0.15, 0.2) is 0 Å². The SMILES string of the molecule is O=C(O)C1CSCN1C(=O)Cc1c(F)cccc1Cl. The molecule has 7 heteroatoms. The Morgan fingerprint density at radius 2 is 2.26 bits per heavy atom. The van der Waals surface area contributed by atoms with Gasteiger partial charge in [-0.2, -0.15) is 0 Å². The Balaban J connectivity index is 2.15. The maximum atomic E-state index is 13.6. The second kappa shape index (κ2) is 5.79. The highest BCUT2D eigenvalue weighted by molar-refractivity contribution is 7.99. The van der Waals surface area contributed by atoms with Crippen molar-refractivity contribution in [1.29, 1.82) is 0 Å². The smallest absolute Gasteiger partial charge is 0.327 e. The second-order valence-corrected chi connectivity index (χ2v) is 5.50. The van der Waals surface area contributed by atoms with Crippen LogP contribution in [0.25, 0.3) is 0 Å². The number of nitrogens with zero attached hydrogens (tertiary/aromatic N) is 1. The molecule has 4 nitrogen and oxygen atoms in total. The number of carbonyl (C=O) groups is 2. The molecule has 1 N–H and O–H groups in total. The van der Waals surface area contributed by atoms with Gasteiger partial charge in [0, 0.05) is 16.3 Å². The summed E-state index contributed by atoms with van der Waals surface area (Å²) < 4.78 is 13.6. The molecular formula is C12H11ClFNO3S. The Labute approximate surface area is 118 Å². The molecule has 19 heavy (non-hydrogen) atoms. The normalized spacial score (nSPS) is 18.6. The molecule has 1 aliphatic heterocycles. The van der Waals surface area contributed by atoms with Gasteiger partial charge in [-0.25, -0.2) is 9.18 Å². The van der Waals surface area contributed by atoms with Crippen LogP contribution in [-0.2, 0) is 16.0 Å². The molecule has 0 spiro atoms. The summed E-state index contributed by atoms with van der Waals surface area (Å²) in [6, 6.07) is 3.34. The van der Waals surface area contributed by atoms with Gasteiger partial charge < -0.3 is 10.0 Å². The van der Waals surface area contributed by atoms with E-state index in [-0.39, 0.29) is 17.0 Å². The lowest BCUT2D eigenvalue weighted by molar-refractivity contribution is -0.147. The average molecular weight is 304 g/mol. The van der Waals surface area contributed by atoms with Crippen molar-refractivity contribution in [2.45, 2.75) is 12.5 Å². The van der Waals surface area contributed by atoms with E-state index in [2.05, 4.69) is 0 Å². The van der Waals surface area contributed by atoms with Crippen molar-refractivity contribution in [2.75, 3.05) is 11.6 Å². The minimum atomic E-state index is -1.04. The second-order valence-electron chi connectivity index (χ2n) is 4.09. The fraction of sp³-hybridized carbons (Fsp3) is 0.333. The Morgan fingerprint density at radius 3 is 2.89 bits per heavy atom. The zero-order valence-electron chi connectivity index (χ0n) is 9.81. The Morgan fingerprint density at radius 1 is 1.53 bits per heavy atom. The molecule has 0 saturated carbocycles. The highest BCUT2D eigenvalue weighted by Gasteiger charge is 2.34. The summed E-state index contributed by atoms with van der Waals surface area (Å²) in [7, 11) is 0. The van der Waals surface area contributed by atoms with Crippen LogP contribution >= 0.6 is 23.4 Å². The number of carboxylic acids is 1. The maximum Gasteiger partial charge on any atom is 0.327 e. The molecule has 0 aromatic heterocycles. The van der Waals surface area contributed by atoms with E-state index in [9.17, 15) is 14.0 Å². The molecule has 1 aromatic carbocycles. The Hall–Kier alpha value is -1.27. The first-order chi connectivity index (χ1) is 9.00. The number of halogens is 2. The monoisotopic (exact) mass is 303 g/mol. The average Bonchev–Trinajstić information content (AvgIpc) is 2.83. The van der Waals surface area contributed by atoms with Crippen molar-refractivity contribution < 1.29 is 19.1 Å². The Bertz CT molecular complexity index is 505. The Kier molecular flexibility index (Phi) is 4.31. The highest BCUT2D eigenvalue weighted by atomic mass is 35.5. The van der Waals surface area contributed by atoms with Gasteiger partial charge in [0.25, 0.3) is 0 Å². The number of benzene rings is 1. The van der Waals surface area contributed by atoms with Gasteiger partial charge in [-0.1, -0.05) is 17.7 Å². The number of carboxylic acid groups (broad SMARTS) is 1. The first-order valence-electron chi connectivity index (χ1n) is 5.53. The van der Waals surface area contributed by atoms with Gasteiger partial charge in [0.05, 0.1) is 12.3 Å². The highest BCUT2D eigenvalue weighted by Crippen LogP contribution is 2.25. The number of rotatable bonds is 3. The van der Waals surface area contributed by atoms with E-state index < -0.39 is 23.7 Å². The van der Waals surface area contributed by atoms with Crippen molar-refractivity contribution in [3.05, 3.63) is 34.6 Å². The summed E-state index contributed by atoms with van der Waals surface area (Å²) in [4.78, 5) is 24.3. The third-order valence-electron chi connectivity index (χ3n) is 2.88. The molecule has 1 saturated heterocycles. The first kappa shape index (κ1) is 14.1. The van der Waals surface area contributed by atoms with Crippen molar-refractivity contribution in [3.8, 4) is 0 Å². The predicted molar refractivity (Wildman–Crippen MR) is 70.7 cm³/mol. The van der Waals surface area contributed by atoms with Crippen molar-refractivity contribution >= 4 is 35.2 Å². The van der Waals surface area contributed by atoms with E-state index in [0.717, 1.165) is 0 Å². The number of amides is 1. The predicted octanol–water partition coefficient (Wildman–Crippen LogP) is 2.01. The van der Waals surface area contributed by atoms with Crippen LogP contribution in [0.15, 0.2) is 18.2 Å². The molecule has 1 heterocycles. The first-order valence-corrected chi connectivity index (χ1v) is 7.07. The summed E-state index contributed by atoms with van der Waals surface area (Å²) >= 11 is 7.21. The summed E-state index contributed by atoms with van der Waals surface area (Å²) in [6.07, 6.45) is -0.226. The van der Waals surface area contributed by atoms with E-state index in [1.54, 1.807) is 0 Å². The van der Waals surface area contributed by atoms with Crippen molar-refractivity contribution in [1.82, 2.24) is 4.90 Å². The van der Waals surface area contributed by atoms with E-state index in [4.69, 9.17) is 16.7 Å². The van der Waals surface area contributed by atoms with Gasteiger partial charge >= 0.3 is 5.97 Å². The molecule has 102 valence electrons. The minimum Gasteiger partial charge on any atom is -0.480 e. The molecule has 0 aliphatic carbocycles. The standard InChI is InChI=1S/C12H11ClFNO3S/c13-8-2-1-3-9(14)7(8)4-11(16)15-6-19-5-10(15)12(17)18/h1-3,10H,4-6H2,(H,17,18). The lowest BCUT2D eigenvalue weighted by Crippen LogP contribution is -2.42. The molecule has 1 fully saturated rings. The fourth-order valence-corrected chi connectivity index (χ4v) is 3.25. The number of carbonyl (C=O) groups excluding carboxylic acids is 1. The van der Waals surface area contributed by atoms with Gasteiger partial charge in [0.1, 0.15) is 11.9 Å². The summed E-state index contributed by atoms with van der Waals surface area (Å²) in [5, 5.41) is 9.17. The molecular weight excluding hydrogens is 293 g/mol. The van der Waals surface area contributed by atoms with E-state index in [1.165, 1.54) is 34.9 Å². The van der Waals surface area contributed by atoms with Crippen LogP contribution in [0.3, 0.4) is 0 Å². The van der Waals surface area contributed by atoms with Crippen LogP contribution in [0.2, 0.25) is 5.02 Å². The van der Waals surface area contributed by atoms with E-state index >= 15 is 0 Å². The summed E-state index contributed by atoms with van der Waals surface area (Å²) in [6.45, 7) is 0. The number of thioether (sulfide) groups is 1. The van der Waals surface area contributed by atoms with Gasteiger partial charge in [-0.05, 0) is 12.1 Å². The molecule has 1 aromatic rings. The van der Waals surface area contributed by atoms with Gasteiger partial charge in [0.2, 0.25) is 5.91 Å². The van der Waals surface area contributed by atoms with Crippen LogP contribution in [0.5, 0.6) is 0 Å². The third kappa shape index (κ3) is 3.01. The zero-order valence-corrected chi connectivity index (χ0v) is 11.4. The lowest BCUT2D eigenvalue weighted by atomic mass is 10.1. The molecule has 0 radical (unpaired) electrons. The molecule has 1 unspecified atom stereocenters. The van der Waals surface area contributed by atoms with E-state index in [1.807, 2.05) is 0 Å². The van der Waals surface area contributed by atoms with Crippen molar-refractivity contribution in [2.24, 2.45) is 0 Å². The van der Waals surface area contributed by atoms with Crippen LogP contribution in [-0.4, -0.2) is 39.6 Å². The number of aliphatic carboxylic acids is 1. The molecule has 1 amide bonds. The van der Waals surface area contributed by atoms with E-state index in [0.29, 0.717) is 11.6 Å². The molecule has 1 aliphatic rings. The minimum absolute atomic E-state index is 0.107. The van der Waals surface area contributed by atoms with Crippen LogP contribution in [0.4, 0.5) is 4.39 Å². The number of hydrogen-bond acceptors (Lipinski definition) is 3. The lowest BCUT2D eigenvalue weighted by Gasteiger charge is -2.20. The summed E-state index contributed by atoms with van der Waals surface area (Å²) in [5.74, 6) is -1.37. The van der Waals surface area contributed by atoms with Crippen LogP contribution < -0.4 is 0 Å². The topological polar surface area (TPSA) is 57.6 Å².